The molecular weight excluding hydrogens is 328 g/mol. The summed E-state index contributed by atoms with van der Waals surface area (Å²) < 4.78 is 10.9. The Kier molecular flexibility index (Phi) is 4.31. The lowest BCUT2D eigenvalue weighted by Crippen LogP contribution is -2.45. The maximum absolute atomic E-state index is 12.5. The molecule has 0 unspecified atom stereocenters. The number of benzene rings is 1. The van der Waals surface area contributed by atoms with Crippen molar-refractivity contribution in [1.29, 1.82) is 0 Å². The van der Waals surface area contributed by atoms with E-state index in [2.05, 4.69) is 24.0 Å². The van der Waals surface area contributed by atoms with Gasteiger partial charge in [-0.3, -0.25) is 9.78 Å². The van der Waals surface area contributed by atoms with Crippen molar-refractivity contribution in [3.8, 4) is 11.5 Å². The Morgan fingerprint density at radius 2 is 2.08 bits per heavy atom. The Morgan fingerprint density at radius 3 is 2.92 bits per heavy atom. The van der Waals surface area contributed by atoms with E-state index in [1.807, 2.05) is 30.2 Å². The van der Waals surface area contributed by atoms with E-state index in [1.54, 1.807) is 6.20 Å². The van der Waals surface area contributed by atoms with E-state index < -0.39 is 0 Å². The first-order chi connectivity index (χ1) is 12.5. The molecule has 0 N–H and O–H groups in total. The number of rotatable bonds is 4. The second-order valence-corrected chi connectivity index (χ2v) is 7.73. The van der Waals surface area contributed by atoms with Gasteiger partial charge in [-0.05, 0) is 60.1 Å². The molecule has 1 saturated heterocycles. The fourth-order valence-corrected chi connectivity index (χ4v) is 3.91. The summed E-state index contributed by atoms with van der Waals surface area (Å²) in [5, 5.41) is 0. The zero-order valence-electron chi connectivity index (χ0n) is 15.3. The highest BCUT2D eigenvalue weighted by Crippen LogP contribution is 2.38. The van der Waals surface area contributed by atoms with Gasteiger partial charge in [0.2, 0.25) is 12.7 Å². The first-order valence-electron chi connectivity index (χ1n) is 9.08. The Bertz CT molecular complexity index is 836. The lowest BCUT2D eigenvalue weighted by molar-refractivity contribution is -0.137. The summed E-state index contributed by atoms with van der Waals surface area (Å²) in [5.74, 6) is 1.87. The van der Waals surface area contributed by atoms with Crippen molar-refractivity contribution in [2.24, 2.45) is 5.41 Å². The number of aryl methyl sites for hydroxylation is 1. The highest BCUT2D eigenvalue weighted by molar-refractivity contribution is 5.77. The molecular formula is C21H24N2O3. The van der Waals surface area contributed by atoms with E-state index in [4.69, 9.17) is 9.47 Å². The molecule has 0 radical (unpaired) electrons. The van der Waals surface area contributed by atoms with Crippen LogP contribution in [-0.2, 0) is 17.8 Å². The fraction of sp³-hybridized carbons (Fsp3) is 0.429. The number of carbonyl (C=O) groups is 1. The lowest BCUT2D eigenvalue weighted by Gasteiger charge is -2.40. The summed E-state index contributed by atoms with van der Waals surface area (Å²) in [4.78, 5) is 18.6. The van der Waals surface area contributed by atoms with Crippen LogP contribution >= 0.6 is 0 Å². The number of ether oxygens (including phenoxy) is 2. The maximum Gasteiger partial charge on any atom is 0.231 e. The second-order valence-electron chi connectivity index (χ2n) is 7.73. The fourth-order valence-electron chi connectivity index (χ4n) is 3.91. The van der Waals surface area contributed by atoms with Gasteiger partial charge in [0.1, 0.15) is 0 Å². The normalized spacial score (nSPS) is 21.9. The van der Waals surface area contributed by atoms with E-state index in [-0.39, 0.29) is 11.3 Å². The van der Waals surface area contributed by atoms with Crippen LogP contribution in [0.3, 0.4) is 0 Å². The minimum absolute atomic E-state index is 0.0581. The molecule has 0 aliphatic carbocycles. The molecule has 1 atom stereocenters. The quantitative estimate of drug-likeness (QED) is 0.845. The van der Waals surface area contributed by atoms with Crippen LogP contribution in [0.5, 0.6) is 11.5 Å². The number of piperidine rings is 1. The first-order valence-corrected chi connectivity index (χ1v) is 9.08. The van der Waals surface area contributed by atoms with Gasteiger partial charge in [-0.15, -0.1) is 0 Å². The summed E-state index contributed by atoms with van der Waals surface area (Å²) in [6.45, 7) is 6.04. The molecule has 2 aliphatic rings. The molecule has 0 bridgehead atoms. The standard InChI is InChI=1S/C21H24N2O3/c1-15-11-22-8-6-17(15)12-23-13-21(2,7-5-20(23)24)10-16-3-4-18-19(9-16)26-14-25-18/h3-4,6,8-9,11H,5,7,10,12-14H2,1-2H3/t21-/m0/s1. The van der Waals surface area contributed by atoms with Crippen molar-refractivity contribution in [1.82, 2.24) is 9.88 Å². The van der Waals surface area contributed by atoms with Crippen LogP contribution in [0.25, 0.3) is 0 Å². The third kappa shape index (κ3) is 3.39. The number of likely N-dealkylation sites (tertiary alicyclic amines) is 1. The van der Waals surface area contributed by atoms with Crippen molar-refractivity contribution in [3.63, 3.8) is 0 Å². The summed E-state index contributed by atoms with van der Waals surface area (Å²) in [5.41, 5.74) is 3.58. The summed E-state index contributed by atoms with van der Waals surface area (Å²) in [6, 6.07) is 8.16. The van der Waals surface area contributed by atoms with Crippen LogP contribution in [-0.4, -0.2) is 29.1 Å². The Balaban J connectivity index is 1.49. The van der Waals surface area contributed by atoms with Crippen molar-refractivity contribution in [2.75, 3.05) is 13.3 Å². The molecule has 1 fully saturated rings. The molecule has 5 nitrogen and oxygen atoms in total. The number of pyridine rings is 1. The molecule has 4 rings (SSSR count). The topological polar surface area (TPSA) is 51.7 Å². The van der Waals surface area contributed by atoms with Crippen molar-refractivity contribution < 1.29 is 14.3 Å². The molecule has 0 saturated carbocycles. The van der Waals surface area contributed by atoms with E-state index >= 15 is 0 Å². The molecule has 2 aliphatic heterocycles. The van der Waals surface area contributed by atoms with Gasteiger partial charge in [0.15, 0.2) is 11.5 Å². The molecule has 1 aromatic carbocycles. The first kappa shape index (κ1) is 16.9. The number of amides is 1. The zero-order chi connectivity index (χ0) is 18.1. The van der Waals surface area contributed by atoms with E-state index in [1.165, 1.54) is 11.1 Å². The monoisotopic (exact) mass is 352 g/mol. The average molecular weight is 352 g/mol. The van der Waals surface area contributed by atoms with Gasteiger partial charge in [0.25, 0.3) is 0 Å². The van der Waals surface area contributed by atoms with Crippen LogP contribution in [0.4, 0.5) is 0 Å². The molecule has 0 spiro atoms. The summed E-state index contributed by atoms with van der Waals surface area (Å²) in [6.07, 6.45) is 6.08. The van der Waals surface area contributed by atoms with Crippen molar-refractivity contribution in [3.05, 3.63) is 53.3 Å². The minimum atomic E-state index is 0.0581. The summed E-state index contributed by atoms with van der Waals surface area (Å²) in [7, 11) is 0. The van der Waals surface area contributed by atoms with Gasteiger partial charge in [0.05, 0.1) is 0 Å². The minimum Gasteiger partial charge on any atom is -0.454 e. The van der Waals surface area contributed by atoms with Crippen molar-refractivity contribution >= 4 is 5.91 Å². The smallest absolute Gasteiger partial charge is 0.231 e. The predicted octanol–water partition coefficient (Wildman–Crippen LogP) is 3.49. The lowest BCUT2D eigenvalue weighted by atomic mass is 9.76. The SMILES string of the molecule is Cc1cnccc1CN1C[C@](C)(Cc2ccc3c(c2)OCO3)CCC1=O. The number of hydrogen-bond donors (Lipinski definition) is 0. The Hall–Kier alpha value is -2.56. The zero-order valence-corrected chi connectivity index (χ0v) is 15.3. The molecule has 1 aromatic heterocycles. The number of hydrogen-bond acceptors (Lipinski definition) is 4. The Labute approximate surface area is 153 Å². The van der Waals surface area contributed by atoms with E-state index in [9.17, 15) is 4.79 Å². The number of nitrogens with zero attached hydrogens (tertiary/aromatic N) is 2. The van der Waals surface area contributed by atoms with Gasteiger partial charge >= 0.3 is 0 Å². The van der Waals surface area contributed by atoms with Crippen molar-refractivity contribution in [2.45, 2.75) is 39.7 Å². The molecule has 2 aromatic rings. The third-order valence-electron chi connectivity index (χ3n) is 5.43. The number of aromatic nitrogens is 1. The molecule has 1 amide bonds. The molecule has 136 valence electrons. The highest BCUT2D eigenvalue weighted by atomic mass is 16.7. The second kappa shape index (κ2) is 6.63. The van der Waals surface area contributed by atoms with Crippen LogP contribution < -0.4 is 9.47 Å². The summed E-state index contributed by atoms with van der Waals surface area (Å²) >= 11 is 0. The number of carbonyl (C=O) groups excluding carboxylic acids is 1. The number of fused-ring (bicyclic) bond motifs is 1. The van der Waals surface area contributed by atoms with Gasteiger partial charge in [0, 0.05) is 31.9 Å². The van der Waals surface area contributed by atoms with Gasteiger partial charge in [-0.2, -0.15) is 0 Å². The van der Waals surface area contributed by atoms with Crippen LogP contribution in [0, 0.1) is 12.3 Å². The maximum atomic E-state index is 12.5. The molecule has 3 heterocycles. The van der Waals surface area contributed by atoms with Crippen LogP contribution in [0.15, 0.2) is 36.7 Å². The Morgan fingerprint density at radius 1 is 1.23 bits per heavy atom. The van der Waals surface area contributed by atoms with E-state index in [0.29, 0.717) is 19.8 Å². The molecule has 5 heteroatoms. The van der Waals surface area contributed by atoms with Gasteiger partial charge < -0.3 is 14.4 Å². The van der Waals surface area contributed by atoms with Crippen LogP contribution in [0.1, 0.15) is 36.5 Å². The highest BCUT2D eigenvalue weighted by Gasteiger charge is 2.35. The largest absolute Gasteiger partial charge is 0.454 e. The van der Waals surface area contributed by atoms with E-state index in [0.717, 1.165) is 36.4 Å². The molecule has 26 heavy (non-hydrogen) atoms. The van der Waals surface area contributed by atoms with Gasteiger partial charge in [-0.25, -0.2) is 0 Å². The predicted molar refractivity (Wildman–Crippen MR) is 98.0 cm³/mol. The average Bonchev–Trinajstić information content (AvgIpc) is 3.08. The van der Waals surface area contributed by atoms with Crippen LogP contribution in [0.2, 0.25) is 0 Å². The third-order valence-corrected chi connectivity index (χ3v) is 5.43. The van der Waals surface area contributed by atoms with Gasteiger partial charge in [-0.1, -0.05) is 13.0 Å².